The molecule has 0 aromatic carbocycles. The number of aromatic nitrogens is 1. The van der Waals surface area contributed by atoms with Crippen LogP contribution in [0.1, 0.15) is 27.7 Å². The Hall–Kier alpha value is -1.60. The third-order valence-corrected chi connectivity index (χ3v) is 2.88. The second-order valence-electron chi connectivity index (χ2n) is 4.85. The molecule has 18 heavy (non-hydrogen) atoms. The Balaban J connectivity index is 2.57. The summed E-state index contributed by atoms with van der Waals surface area (Å²) in [4.78, 5) is 2.28. The van der Waals surface area contributed by atoms with Gasteiger partial charge in [0.15, 0.2) is 11.8 Å². The van der Waals surface area contributed by atoms with E-state index >= 15 is 0 Å². The van der Waals surface area contributed by atoms with Crippen LogP contribution in [-0.2, 0) is 6.54 Å². The number of rotatable bonds is 4. The molecular formula is C14H22N2O2. The molecule has 100 valence electrons. The van der Waals surface area contributed by atoms with E-state index in [9.17, 15) is 10.2 Å². The van der Waals surface area contributed by atoms with Crippen LogP contribution in [0.5, 0.6) is 11.8 Å². The molecule has 0 aliphatic rings. The molecule has 4 heteroatoms. The highest BCUT2D eigenvalue weighted by atomic mass is 16.3. The first-order valence-electron chi connectivity index (χ1n) is 6.22. The van der Waals surface area contributed by atoms with Gasteiger partial charge in [-0.05, 0) is 27.7 Å². The summed E-state index contributed by atoms with van der Waals surface area (Å²) in [5.41, 5.74) is 0. The first-order chi connectivity index (χ1) is 8.43. The SMILES string of the molecule is CC(C)N(CC#CCn1c(O)ccc1O)C(C)C. The van der Waals surface area contributed by atoms with Crippen molar-refractivity contribution in [1.29, 1.82) is 0 Å². The van der Waals surface area contributed by atoms with Gasteiger partial charge >= 0.3 is 0 Å². The average molecular weight is 250 g/mol. The Labute approximate surface area is 109 Å². The molecule has 0 saturated heterocycles. The Morgan fingerprint density at radius 3 is 2.00 bits per heavy atom. The lowest BCUT2D eigenvalue weighted by Gasteiger charge is -2.28. The van der Waals surface area contributed by atoms with Gasteiger partial charge in [-0.2, -0.15) is 0 Å². The van der Waals surface area contributed by atoms with E-state index in [1.165, 1.54) is 16.7 Å². The zero-order valence-electron chi connectivity index (χ0n) is 11.5. The fourth-order valence-electron chi connectivity index (χ4n) is 1.85. The Morgan fingerprint density at radius 2 is 1.56 bits per heavy atom. The maximum Gasteiger partial charge on any atom is 0.194 e. The van der Waals surface area contributed by atoms with Crippen LogP contribution in [0.4, 0.5) is 0 Å². The quantitative estimate of drug-likeness (QED) is 0.804. The number of hydrogen-bond acceptors (Lipinski definition) is 3. The second-order valence-corrected chi connectivity index (χ2v) is 4.85. The van der Waals surface area contributed by atoms with Crippen molar-refractivity contribution in [2.24, 2.45) is 0 Å². The summed E-state index contributed by atoms with van der Waals surface area (Å²) >= 11 is 0. The maximum absolute atomic E-state index is 9.44. The lowest BCUT2D eigenvalue weighted by atomic mass is 10.2. The molecule has 0 amide bonds. The molecule has 0 saturated carbocycles. The normalized spacial score (nSPS) is 11.1. The molecule has 1 rings (SSSR count). The minimum absolute atomic E-state index is 0.0337. The highest BCUT2D eigenvalue weighted by Crippen LogP contribution is 2.19. The standard InChI is InChI=1S/C14H22N2O2/c1-11(2)15(12(3)4)9-5-6-10-16-13(17)7-8-14(16)18/h7-8,11-12,17-18H,9-10H2,1-4H3. The van der Waals surface area contributed by atoms with E-state index in [4.69, 9.17) is 0 Å². The first-order valence-corrected chi connectivity index (χ1v) is 6.22. The summed E-state index contributed by atoms with van der Waals surface area (Å²) in [5.74, 6) is 6.10. The van der Waals surface area contributed by atoms with Gasteiger partial charge in [0, 0.05) is 24.2 Å². The fraction of sp³-hybridized carbons (Fsp3) is 0.571. The van der Waals surface area contributed by atoms with Crippen molar-refractivity contribution in [2.75, 3.05) is 6.54 Å². The molecule has 0 spiro atoms. The van der Waals surface area contributed by atoms with Gasteiger partial charge in [-0.15, -0.1) is 0 Å². The van der Waals surface area contributed by atoms with Gasteiger partial charge < -0.3 is 10.2 Å². The van der Waals surface area contributed by atoms with E-state index < -0.39 is 0 Å². The van der Waals surface area contributed by atoms with E-state index in [1.807, 2.05) is 0 Å². The van der Waals surface area contributed by atoms with E-state index in [2.05, 4.69) is 44.4 Å². The van der Waals surface area contributed by atoms with Crippen LogP contribution in [0.15, 0.2) is 12.1 Å². The Bertz CT molecular complexity index is 411. The summed E-state index contributed by atoms with van der Waals surface area (Å²) in [6, 6.07) is 3.80. The van der Waals surface area contributed by atoms with Crippen LogP contribution in [0, 0.1) is 11.8 Å². The molecule has 0 fully saturated rings. The van der Waals surface area contributed by atoms with Crippen molar-refractivity contribution < 1.29 is 10.2 Å². The third kappa shape index (κ3) is 3.71. The van der Waals surface area contributed by atoms with E-state index in [1.54, 1.807) is 0 Å². The average Bonchev–Trinajstić information content (AvgIpc) is 2.58. The van der Waals surface area contributed by atoms with Gasteiger partial charge in [0.1, 0.15) is 0 Å². The third-order valence-electron chi connectivity index (χ3n) is 2.88. The summed E-state index contributed by atoms with van der Waals surface area (Å²) in [6.45, 7) is 9.57. The monoisotopic (exact) mass is 250 g/mol. The van der Waals surface area contributed by atoms with Gasteiger partial charge in [-0.1, -0.05) is 11.8 Å². The van der Waals surface area contributed by atoms with Crippen molar-refractivity contribution in [2.45, 2.75) is 46.3 Å². The molecule has 4 nitrogen and oxygen atoms in total. The molecule has 0 aliphatic heterocycles. The minimum Gasteiger partial charge on any atom is -0.494 e. The van der Waals surface area contributed by atoms with Crippen LogP contribution >= 0.6 is 0 Å². The predicted molar refractivity (Wildman–Crippen MR) is 72.5 cm³/mol. The van der Waals surface area contributed by atoms with Crippen molar-refractivity contribution in [3.05, 3.63) is 12.1 Å². The fourth-order valence-corrected chi connectivity index (χ4v) is 1.85. The van der Waals surface area contributed by atoms with Gasteiger partial charge in [-0.3, -0.25) is 9.47 Å². The molecule has 1 heterocycles. The zero-order chi connectivity index (χ0) is 13.7. The number of nitrogens with zero attached hydrogens (tertiary/aromatic N) is 2. The van der Waals surface area contributed by atoms with Crippen LogP contribution in [0.2, 0.25) is 0 Å². The topological polar surface area (TPSA) is 48.6 Å². The smallest absolute Gasteiger partial charge is 0.194 e. The summed E-state index contributed by atoms with van der Waals surface area (Å²) < 4.78 is 1.36. The molecule has 1 aromatic rings. The van der Waals surface area contributed by atoms with E-state index in [-0.39, 0.29) is 11.8 Å². The number of aromatic hydroxyl groups is 2. The maximum atomic E-state index is 9.44. The van der Waals surface area contributed by atoms with Gasteiger partial charge in [0.2, 0.25) is 0 Å². The highest BCUT2D eigenvalue weighted by Gasteiger charge is 2.11. The Kier molecular flexibility index (Phi) is 5.11. The zero-order valence-corrected chi connectivity index (χ0v) is 11.5. The molecule has 0 bridgehead atoms. The largest absolute Gasteiger partial charge is 0.494 e. The molecule has 2 N–H and O–H groups in total. The van der Waals surface area contributed by atoms with E-state index in [0.717, 1.165) is 0 Å². The van der Waals surface area contributed by atoms with Crippen LogP contribution in [0.25, 0.3) is 0 Å². The molecule has 1 aromatic heterocycles. The van der Waals surface area contributed by atoms with E-state index in [0.29, 0.717) is 25.2 Å². The summed E-state index contributed by atoms with van der Waals surface area (Å²) in [5, 5.41) is 18.9. The summed E-state index contributed by atoms with van der Waals surface area (Å²) in [7, 11) is 0. The van der Waals surface area contributed by atoms with Crippen LogP contribution in [-0.4, -0.2) is 38.3 Å². The molecule has 0 atom stereocenters. The lowest BCUT2D eigenvalue weighted by Crippen LogP contribution is -2.37. The molecule has 0 aliphatic carbocycles. The summed E-state index contributed by atoms with van der Waals surface area (Å²) in [6.07, 6.45) is 0. The molecule has 0 radical (unpaired) electrons. The predicted octanol–water partition coefficient (Wildman–Crippen LogP) is 2.02. The molecular weight excluding hydrogens is 228 g/mol. The lowest BCUT2D eigenvalue weighted by molar-refractivity contribution is 0.199. The van der Waals surface area contributed by atoms with Crippen molar-refractivity contribution in [3.8, 4) is 23.6 Å². The van der Waals surface area contributed by atoms with Crippen LogP contribution < -0.4 is 0 Å². The van der Waals surface area contributed by atoms with Crippen LogP contribution in [0.3, 0.4) is 0 Å². The second kappa shape index (κ2) is 6.36. The number of hydrogen-bond donors (Lipinski definition) is 2. The van der Waals surface area contributed by atoms with Crippen molar-refractivity contribution >= 4 is 0 Å². The highest BCUT2D eigenvalue weighted by molar-refractivity contribution is 5.25. The molecule has 0 unspecified atom stereocenters. The minimum atomic E-state index is 0.0337. The first kappa shape index (κ1) is 14.5. The van der Waals surface area contributed by atoms with Crippen molar-refractivity contribution in [3.63, 3.8) is 0 Å². The van der Waals surface area contributed by atoms with Gasteiger partial charge in [-0.25, -0.2) is 0 Å². The Morgan fingerprint density at radius 1 is 1.06 bits per heavy atom. The van der Waals surface area contributed by atoms with Gasteiger partial charge in [0.25, 0.3) is 0 Å². The van der Waals surface area contributed by atoms with Crippen molar-refractivity contribution in [1.82, 2.24) is 9.47 Å². The van der Waals surface area contributed by atoms with Gasteiger partial charge in [0.05, 0.1) is 13.1 Å².